The highest BCUT2D eigenvalue weighted by Crippen LogP contribution is 2.32. The van der Waals surface area contributed by atoms with E-state index in [2.05, 4.69) is 9.98 Å². The minimum atomic E-state index is -0.625. The zero-order valence-electron chi connectivity index (χ0n) is 17.7. The van der Waals surface area contributed by atoms with Crippen LogP contribution in [-0.2, 0) is 13.3 Å². The van der Waals surface area contributed by atoms with Gasteiger partial charge in [-0.1, -0.05) is 48.5 Å². The summed E-state index contributed by atoms with van der Waals surface area (Å²) in [5.74, 6) is 0.776. The minimum absolute atomic E-state index is 0.0526. The van der Waals surface area contributed by atoms with E-state index in [1.54, 1.807) is 85.2 Å². The highest BCUT2D eigenvalue weighted by atomic mass is 19.1. The van der Waals surface area contributed by atoms with Crippen molar-refractivity contribution in [2.24, 2.45) is 9.98 Å². The van der Waals surface area contributed by atoms with Gasteiger partial charge in [-0.2, -0.15) is 20.5 Å². The quantitative estimate of drug-likeness (QED) is 0.457. The molecule has 0 aliphatic heterocycles. The molecular weight excluding hydrogens is 438 g/mol. The van der Waals surface area contributed by atoms with Crippen LogP contribution in [0.25, 0.3) is 0 Å². The second-order valence-corrected chi connectivity index (χ2v) is 7.08. The smallest absolute Gasteiger partial charge is 0.206 e. The van der Waals surface area contributed by atoms with Gasteiger partial charge in [-0.05, 0) is 35.4 Å². The van der Waals surface area contributed by atoms with Crippen molar-refractivity contribution >= 4 is 11.4 Å². The summed E-state index contributed by atoms with van der Waals surface area (Å²) < 4.78 is 38.1. The number of hydrogen-bond acceptors (Lipinski definition) is 6. The van der Waals surface area contributed by atoms with Gasteiger partial charge in [-0.15, -0.1) is 0 Å². The van der Waals surface area contributed by atoms with Gasteiger partial charge in [0.2, 0.25) is 12.4 Å². The lowest BCUT2D eigenvalue weighted by molar-refractivity contribution is 0.384. The fourth-order valence-electron chi connectivity index (χ4n) is 3.40. The second-order valence-electron chi connectivity index (χ2n) is 7.08. The van der Waals surface area contributed by atoms with Gasteiger partial charge in [0.25, 0.3) is 0 Å². The molecule has 0 radical (unpaired) electrons. The minimum Gasteiger partial charge on any atom is -0.451 e. The number of hydrogen-bond donors (Lipinski definition) is 0. The Labute approximate surface area is 194 Å². The Hall–Kier alpha value is -4.82. The number of nitrogens with zero attached hydrogens (tertiary/aromatic N) is 4. The van der Waals surface area contributed by atoms with Crippen molar-refractivity contribution in [3.8, 4) is 23.9 Å². The van der Waals surface area contributed by atoms with Crippen molar-refractivity contribution in [2.45, 2.75) is 13.3 Å². The summed E-state index contributed by atoms with van der Waals surface area (Å²) in [5, 5.41) is 18.8. The van der Waals surface area contributed by atoms with Gasteiger partial charge in [0, 0.05) is 11.1 Å². The summed E-state index contributed by atoms with van der Waals surface area (Å²) in [5.41, 5.74) is 2.34. The number of fused-ring (bicyclic) bond motifs is 1. The molecule has 3 aromatic rings. The third kappa shape index (κ3) is 4.52. The predicted octanol–water partition coefficient (Wildman–Crippen LogP) is 5.55. The van der Waals surface area contributed by atoms with Gasteiger partial charge in [-0.3, -0.25) is 0 Å². The van der Waals surface area contributed by atoms with Gasteiger partial charge in [0.05, 0.1) is 0 Å². The molecule has 0 unspecified atom stereocenters. The molecule has 4 rings (SSSR count). The number of allylic oxidation sites excluding steroid dienone is 2. The van der Waals surface area contributed by atoms with E-state index in [0.717, 1.165) is 0 Å². The van der Waals surface area contributed by atoms with E-state index in [1.165, 1.54) is 0 Å². The molecule has 3 aromatic carbocycles. The first-order valence-electron chi connectivity index (χ1n) is 10.1. The van der Waals surface area contributed by atoms with E-state index in [9.17, 15) is 19.3 Å². The van der Waals surface area contributed by atoms with Crippen molar-refractivity contribution in [2.75, 3.05) is 0 Å². The molecule has 0 N–H and O–H groups in total. The highest BCUT2D eigenvalue weighted by Gasteiger charge is 2.33. The molecule has 1 aliphatic rings. The lowest BCUT2D eigenvalue weighted by Gasteiger charge is -2.25. The molecule has 6 nitrogen and oxygen atoms in total. The second kappa shape index (κ2) is 10.2. The van der Waals surface area contributed by atoms with Crippen molar-refractivity contribution in [3.05, 3.63) is 107 Å². The van der Waals surface area contributed by atoms with Crippen LogP contribution < -0.4 is 9.47 Å². The number of ether oxygens (including phenoxy) is 2. The molecular formula is C26H16F2N4O2. The molecule has 0 atom stereocenters. The Morgan fingerprint density at radius 1 is 0.618 bits per heavy atom. The number of aliphatic imine (C=N–C) groups is 2. The fraction of sp³-hybridized carbons (Fsp3) is 0.0769. The van der Waals surface area contributed by atoms with Crippen LogP contribution in [0.5, 0.6) is 11.5 Å². The van der Waals surface area contributed by atoms with E-state index in [0.29, 0.717) is 33.8 Å². The van der Waals surface area contributed by atoms with Crippen LogP contribution in [-0.4, -0.2) is 11.4 Å². The summed E-state index contributed by atoms with van der Waals surface area (Å²) in [6.07, 6.45) is 3.56. The molecule has 0 spiro atoms. The van der Waals surface area contributed by atoms with Crippen LogP contribution in [0, 0.1) is 22.9 Å². The van der Waals surface area contributed by atoms with E-state index in [4.69, 9.17) is 9.47 Å². The average molecular weight is 454 g/mol. The first kappa shape index (κ1) is 22.4. The monoisotopic (exact) mass is 454 g/mol. The lowest BCUT2D eigenvalue weighted by atomic mass is 9.90. The average Bonchev–Trinajstić information content (AvgIpc) is 2.88. The molecule has 0 amide bonds. The van der Waals surface area contributed by atoms with Gasteiger partial charge < -0.3 is 9.47 Å². The van der Waals surface area contributed by atoms with Gasteiger partial charge in [0.15, 0.2) is 11.5 Å². The third-order valence-electron chi connectivity index (χ3n) is 4.99. The summed E-state index contributed by atoms with van der Waals surface area (Å²) in [6, 6.07) is 19.5. The predicted molar refractivity (Wildman–Crippen MR) is 122 cm³/mol. The van der Waals surface area contributed by atoms with Crippen LogP contribution >= 0.6 is 0 Å². The molecule has 0 bridgehead atoms. The molecule has 8 heteroatoms. The summed E-state index contributed by atoms with van der Waals surface area (Å²) >= 11 is 0. The number of benzene rings is 3. The Bertz CT molecular complexity index is 1270. The maximum Gasteiger partial charge on any atom is 0.206 e. The topological polar surface area (TPSA) is 90.8 Å². The maximum absolute atomic E-state index is 12.9. The number of rotatable bonds is 6. The largest absolute Gasteiger partial charge is 0.451 e. The van der Waals surface area contributed by atoms with Crippen LogP contribution in [0.1, 0.15) is 22.3 Å². The number of halogens is 2. The van der Waals surface area contributed by atoms with Crippen molar-refractivity contribution in [1.82, 2.24) is 0 Å². The Kier molecular flexibility index (Phi) is 6.71. The molecule has 1 aliphatic carbocycles. The fourth-order valence-corrected chi connectivity index (χ4v) is 3.40. The van der Waals surface area contributed by atoms with Crippen LogP contribution in [0.3, 0.4) is 0 Å². The molecule has 166 valence electrons. The first-order chi connectivity index (χ1) is 16.7. The van der Waals surface area contributed by atoms with Crippen LogP contribution in [0.2, 0.25) is 0 Å². The Morgan fingerprint density at radius 2 is 1.00 bits per heavy atom. The van der Waals surface area contributed by atoms with Crippen molar-refractivity contribution in [3.63, 3.8) is 0 Å². The maximum atomic E-state index is 12.9. The van der Waals surface area contributed by atoms with Crippen LogP contribution in [0.4, 0.5) is 8.78 Å². The number of alkyl halides is 2. The van der Waals surface area contributed by atoms with Gasteiger partial charge in [0.1, 0.15) is 36.3 Å². The molecule has 34 heavy (non-hydrogen) atoms. The lowest BCUT2D eigenvalue weighted by Crippen LogP contribution is -2.28. The van der Waals surface area contributed by atoms with E-state index >= 15 is 0 Å². The molecule has 0 saturated carbocycles. The zero-order chi connectivity index (χ0) is 23.9. The van der Waals surface area contributed by atoms with E-state index in [-0.39, 0.29) is 22.9 Å². The standard InChI is InChI=1S/C26H16F2N4O2/c27-13-17-5-9-19(10-6-17)33-25-23(31-15-29)21-3-1-2-4-22(21)24(32-16-30)26(25)34-20-11-7-18(14-28)8-12-20/h1-12H,13-14H2. The molecule has 0 saturated heterocycles. The van der Waals surface area contributed by atoms with Crippen molar-refractivity contribution in [1.29, 1.82) is 10.5 Å². The molecule has 0 fully saturated rings. The normalized spacial score (nSPS) is 14.9. The Morgan fingerprint density at radius 3 is 1.32 bits per heavy atom. The van der Waals surface area contributed by atoms with Crippen LogP contribution in [0.15, 0.2) is 94.3 Å². The first-order valence-corrected chi connectivity index (χ1v) is 10.1. The SMILES string of the molecule is N#CN=C1C(Oc2ccc(CF)cc2)=C(Oc2ccc(CF)cc2)C(=NC#N)c2ccccc21. The van der Waals surface area contributed by atoms with E-state index in [1.807, 2.05) is 0 Å². The van der Waals surface area contributed by atoms with Crippen molar-refractivity contribution < 1.29 is 18.3 Å². The van der Waals surface area contributed by atoms with Gasteiger partial charge >= 0.3 is 0 Å². The zero-order valence-corrected chi connectivity index (χ0v) is 17.7. The van der Waals surface area contributed by atoms with E-state index < -0.39 is 13.3 Å². The summed E-state index contributed by atoms with van der Waals surface area (Å²) in [6.45, 7) is -1.25. The Balaban J connectivity index is 1.91. The van der Waals surface area contributed by atoms with Gasteiger partial charge in [-0.25, -0.2) is 8.78 Å². The third-order valence-corrected chi connectivity index (χ3v) is 4.99. The molecule has 0 heterocycles. The summed E-state index contributed by atoms with van der Waals surface area (Å²) in [4.78, 5) is 7.92. The summed E-state index contributed by atoms with van der Waals surface area (Å²) in [7, 11) is 0. The molecule has 0 aromatic heterocycles. The number of nitriles is 2. The highest BCUT2D eigenvalue weighted by molar-refractivity contribution is 6.29.